The lowest BCUT2D eigenvalue weighted by atomic mass is 10.3. The van der Waals surface area contributed by atoms with Crippen LogP contribution in [-0.4, -0.2) is 29.2 Å². The Hall–Kier alpha value is -0.520. The molecule has 0 aliphatic carbocycles. The fourth-order valence-electron chi connectivity index (χ4n) is 1.35. The molecule has 0 aromatic carbocycles. The van der Waals surface area contributed by atoms with Crippen LogP contribution in [-0.2, 0) is 13.0 Å². The highest BCUT2D eigenvalue weighted by atomic mass is 32.1. The van der Waals surface area contributed by atoms with Crippen LogP contribution in [0.3, 0.4) is 0 Å². The molecule has 1 heterocycles. The molecule has 0 bridgehead atoms. The van der Waals surface area contributed by atoms with Crippen molar-refractivity contribution in [2.24, 2.45) is 0 Å². The van der Waals surface area contributed by atoms with Crippen molar-refractivity contribution < 1.29 is 0 Å². The highest BCUT2D eigenvalue weighted by Crippen LogP contribution is 2.10. The lowest BCUT2D eigenvalue weighted by Gasteiger charge is -2.03. The number of aromatic nitrogens is 2. The van der Waals surface area contributed by atoms with Gasteiger partial charge in [-0.1, -0.05) is 18.3 Å². The van der Waals surface area contributed by atoms with E-state index in [0.29, 0.717) is 0 Å². The predicted octanol–water partition coefficient (Wildman–Crippen LogP) is 1.19. The molecule has 0 amide bonds. The Balaban J connectivity index is 2.09. The number of aryl methyl sites for hydroxylation is 1. The SMILES string of the molecule is CCNCCCNCc1snnc1CC. The third kappa shape index (κ3) is 4.68. The van der Waals surface area contributed by atoms with E-state index in [0.717, 1.165) is 38.3 Å². The molecule has 0 aliphatic heterocycles. The summed E-state index contributed by atoms with van der Waals surface area (Å²) in [4.78, 5) is 1.28. The van der Waals surface area contributed by atoms with Crippen molar-refractivity contribution in [2.45, 2.75) is 33.2 Å². The van der Waals surface area contributed by atoms with Gasteiger partial charge in [-0.25, -0.2) is 0 Å². The van der Waals surface area contributed by atoms with Crippen molar-refractivity contribution in [1.29, 1.82) is 0 Å². The molecule has 1 aromatic heterocycles. The lowest BCUT2D eigenvalue weighted by Crippen LogP contribution is -2.21. The van der Waals surface area contributed by atoms with Gasteiger partial charge in [-0.05, 0) is 44.0 Å². The molecule has 0 atom stereocenters. The third-order valence-electron chi connectivity index (χ3n) is 2.21. The van der Waals surface area contributed by atoms with Gasteiger partial charge >= 0.3 is 0 Å². The largest absolute Gasteiger partial charge is 0.317 e. The number of rotatable bonds is 8. The van der Waals surface area contributed by atoms with E-state index in [1.807, 2.05) is 0 Å². The smallest absolute Gasteiger partial charge is 0.0797 e. The van der Waals surface area contributed by atoms with Crippen LogP contribution in [0, 0.1) is 0 Å². The number of hydrogen-bond acceptors (Lipinski definition) is 5. The summed E-state index contributed by atoms with van der Waals surface area (Å²) in [5.41, 5.74) is 1.14. The molecule has 0 spiro atoms. The molecule has 1 aromatic rings. The van der Waals surface area contributed by atoms with Gasteiger partial charge in [-0.3, -0.25) is 0 Å². The summed E-state index contributed by atoms with van der Waals surface area (Å²) in [5, 5.41) is 10.8. The van der Waals surface area contributed by atoms with Crippen LogP contribution in [0.15, 0.2) is 0 Å². The summed E-state index contributed by atoms with van der Waals surface area (Å²) in [6.07, 6.45) is 2.15. The molecule has 0 fully saturated rings. The average molecular weight is 228 g/mol. The van der Waals surface area contributed by atoms with Gasteiger partial charge in [-0.2, -0.15) is 0 Å². The minimum absolute atomic E-state index is 0.910. The van der Waals surface area contributed by atoms with E-state index in [2.05, 4.69) is 34.1 Å². The van der Waals surface area contributed by atoms with Crippen molar-refractivity contribution in [3.8, 4) is 0 Å². The van der Waals surface area contributed by atoms with E-state index in [9.17, 15) is 0 Å². The van der Waals surface area contributed by atoms with Crippen molar-refractivity contribution in [2.75, 3.05) is 19.6 Å². The molecule has 0 radical (unpaired) electrons. The van der Waals surface area contributed by atoms with E-state index in [-0.39, 0.29) is 0 Å². The first-order valence-electron chi connectivity index (χ1n) is 5.60. The van der Waals surface area contributed by atoms with Crippen LogP contribution in [0.1, 0.15) is 30.8 Å². The van der Waals surface area contributed by atoms with Gasteiger partial charge < -0.3 is 10.6 Å². The molecule has 4 nitrogen and oxygen atoms in total. The highest BCUT2D eigenvalue weighted by molar-refractivity contribution is 7.05. The minimum atomic E-state index is 0.910. The van der Waals surface area contributed by atoms with Gasteiger partial charge in [-0.15, -0.1) is 5.10 Å². The van der Waals surface area contributed by atoms with Crippen LogP contribution in [0.4, 0.5) is 0 Å². The number of hydrogen-bond donors (Lipinski definition) is 2. The fraction of sp³-hybridized carbons (Fsp3) is 0.800. The molecular formula is C10H20N4S. The quantitative estimate of drug-likeness (QED) is 0.656. The third-order valence-corrected chi connectivity index (χ3v) is 2.98. The Kier molecular flexibility index (Phi) is 6.47. The van der Waals surface area contributed by atoms with Crippen LogP contribution >= 0.6 is 11.5 Å². The number of nitrogens with zero attached hydrogens (tertiary/aromatic N) is 2. The Morgan fingerprint density at radius 1 is 1.20 bits per heavy atom. The summed E-state index contributed by atoms with van der Waals surface area (Å²) < 4.78 is 3.96. The first kappa shape index (κ1) is 12.5. The van der Waals surface area contributed by atoms with Crippen molar-refractivity contribution in [3.05, 3.63) is 10.6 Å². The zero-order valence-corrected chi connectivity index (χ0v) is 10.4. The van der Waals surface area contributed by atoms with Gasteiger partial charge in [0.15, 0.2) is 0 Å². The summed E-state index contributed by atoms with van der Waals surface area (Å²) in [5.74, 6) is 0. The standard InChI is InChI=1S/C10H20N4S/c1-3-9-10(15-14-13-9)8-12-7-5-6-11-4-2/h11-12H,3-8H2,1-2H3. The first-order chi connectivity index (χ1) is 7.38. The normalized spacial score (nSPS) is 10.8. The molecule has 2 N–H and O–H groups in total. The van der Waals surface area contributed by atoms with E-state index in [1.165, 1.54) is 22.8 Å². The molecule has 5 heteroatoms. The highest BCUT2D eigenvalue weighted by Gasteiger charge is 2.04. The zero-order valence-electron chi connectivity index (χ0n) is 9.55. The Morgan fingerprint density at radius 2 is 2.00 bits per heavy atom. The Morgan fingerprint density at radius 3 is 2.73 bits per heavy atom. The summed E-state index contributed by atoms with van der Waals surface area (Å²) >= 11 is 1.50. The lowest BCUT2D eigenvalue weighted by molar-refractivity contribution is 0.607. The fourth-order valence-corrected chi connectivity index (χ4v) is 2.04. The van der Waals surface area contributed by atoms with E-state index >= 15 is 0 Å². The average Bonchev–Trinajstić information content (AvgIpc) is 2.70. The van der Waals surface area contributed by atoms with Gasteiger partial charge in [0.05, 0.1) is 10.6 Å². The number of nitrogens with one attached hydrogen (secondary N) is 2. The van der Waals surface area contributed by atoms with Crippen LogP contribution < -0.4 is 10.6 Å². The van der Waals surface area contributed by atoms with Gasteiger partial charge in [0, 0.05) is 6.54 Å². The van der Waals surface area contributed by atoms with Gasteiger partial charge in [0.1, 0.15) is 0 Å². The maximum Gasteiger partial charge on any atom is 0.0797 e. The second-order valence-electron chi connectivity index (χ2n) is 3.38. The zero-order chi connectivity index (χ0) is 10.9. The van der Waals surface area contributed by atoms with Crippen molar-refractivity contribution in [1.82, 2.24) is 20.2 Å². The second kappa shape index (κ2) is 7.73. The predicted molar refractivity (Wildman–Crippen MR) is 64.2 cm³/mol. The molecular weight excluding hydrogens is 208 g/mol. The minimum Gasteiger partial charge on any atom is -0.317 e. The summed E-state index contributed by atoms with van der Waals surface area (Å²) in [7, 11) is 0. The Labute approximate surface area is 95.6 Å². The summed E-state index contributed by atoms with van der Waals surface area (Å²) in [6, 6.07) is 0. The van der Waals surface area contributed by atoms with E-state index in [4.69, 9.17) is 0 Å². The topological polar surface area (TPSA) is 49.8 Å². The molecule has 0 aliphatic rings. The molecule has 86 valence electrons. The van der Waals surface area contributed by atoms with Gasteiger partial charge in [0.25, 0.3) is 0 Å². The van der Waals surface area contributed by atoms with E-state index in [1.54, 1.807) is 0 Å². The molecule has 1 rings (SSSR count). The molecule has 0 unspecified atom stereocenters. The van der Waals surface area contributed by atoms with Crippen LogP contribution in [0.25, 0.3) is 0 Å². The molecule has 0 saturated carbocycles. The maximum absolute atomic E-state index is 4.08. The first-order valence-corrected chi connectivity index (χ1v) is 6.37. The van der Waals surface area contributed by atoms with Crippen molar-refractivity contribution in [3.63, 3.8) is 0 Å². The molecule has 0 saturated heterocycles. The monoisotopic (exact) mass is 228 g/mol. The van der Waals surface area contributed by atoms with Gasteiger partial charge in [0.2, 0.25) is 0 Å². The van der Waals surface area contributed by atoms with Crippen LogP contribution in [0.5, 0.6) is 0 Å². The van der Waals surface area contributed by atoms with Crippen molar-refractivity contribution >= 4 is 11.5 Å². The van der Waals surface area contributed by atoms with Crippen LogP contribution in [0.2, 0.25) is 0 Å². The van der Waals surface area contributed by atoms with E-state index < -0.39 is 0 Å². The molecule has 15 heavy (non-hydrogen) atoms. The Bertz CT molecular complexity index is 262. The maximum atomic E-state index is 4.08. The second-order valence-corrected chi connectivity index (χ2v) is 4.22. The summed E-state index contributed by atoms with van der Waals surface area (Å²) in [6.45, 7) is 8.35.